The Morgan fingerprint density at radius 1 is 1.60 bits per heavy atom. The number of phenolic OH excluding ortho intramolecular Hbond substituents is 1. The van der Waals surface area contributed by atoms with Crippen LogP contribution in [0.15, 0.2) is 18.2 Å². The molecule has 0 aliphatic rings. The third-order valence-electron chi connectivity index (χ3n) is 1.74. The molecule has 0 atom stereocenters. The van der Waals surface area contributed by atoms with Crippen molar-refractivity contribution < 1.29 is 14.3 Å². The Morgan fingerprint density at radius 3 is 2.93 bits per heavy atom. The van der Waals surface area contributed by atoms with Crippen LogP contribution in [0.4, 0.5) is 4.39 Å². The minimum Gasteiger partial charge on any atom is -0.507 e. The molecule has 0 radical (unpaired) electrons. The molecule has 0 bridgehead atoms. The Labute approximate surface area is 86.0 Å². The van der Waals surface area contributed by atoms with Gasteiger partial charge in [0, 0.05) is 6.54 Å². The monoisotopic (exact) mass is 208 g/mol. The summed E-state index contributed by atoms with van der Waals surface area (Å²) >= 11 is 0. The van der Waals surface area contributed by atoms with E-state index in [1.165, 1.54) is 12.1 Å². The quantitative estimate of drug-likeness (QED) is 0.732. The fourth-order valence-corrected chi connectivity index (χ4v) is 1.06. The van der Waals surface area contributed by atoms with Gasteiger partial charge in [-0.15, -0.1) is 0 Å². The third kappa shape index (κ3) is 2.68. The van der Waals surface area contributed by atoms with Crippen molar-refractivity contribution in [3.05, 3.63) is 29.6 Å². The molecular formula is C10H9FN2O2. The second kappa shape index (κ2) is 4.96. The Morgan fingerprint density at radius 2 is 2.33 bits per heavy atom. The van der Waals surface area contributed by atoms with Crippen molar-refractivity contribution in [1.29, 1.82) is 5.26 Å². The summed E-state index contributed by atoms with van der Waals surface area (Å²) in [6.45, 7) is 0.128. The number of aromatic hydroxyl groups is 1. The summed E-state index contributed by atoms with van der Waals surface area (Å²) in [5.74, 6) is -1.92. The lowest BCUT2D eigenvalue weighted by Gasteiger charge is -2.05. The highest BCUT2D eigenvalue weighted by atomic mass is 19.1. The van der Waals surface area contributed by atoms with Gasteiger partial charge in [0.1, 0.15) is 17.1 Å². The van der Waals surface area contributed by atoms with Crippen molar-refractivity contribution in [3.63, 3.8) is 0 Å². The van der Waals surface area contributed by atoms with Crippen LogP contribution in [-0.4, -0.2) is 17.6 Å². The molecule has 0 heterocycles. The molecule has 1 rings (SSSR count). The van der Waals surface area contributed by atoms with Crippen molar-refractivity contribution in [2.45, 2.75) is 6.42 Å². The SMILES string of the molecule is N#CCCNC(=O)c1c(O)cccc1F. The first-order chi connectivity index (χ1) is 7.16. The van der Waals surface area contributed by atoms with Crippen molar-refractivity contribution >= 4 is 5.91 Å². The number of nitrogens with zero attached hydrogens (tertiary/aromatic N) is 1. The van der Waals surface area contributed by atoms with Gasteiger partial charge < -0.3 is 10.4 Å². The fourth-order valence-electron chi connectivity index (χ4n) is 1.06. The van der Waals surface area contributed by atoms with Crippen molar-refractivity contribution in [1.82, 2.24) is 5.32 Å². The highest BCUT2D eigenvalue weighted by molar-refractivity contribution is 5.97. The van der Waals surface area contributed by atoms with Crippen LogP contribution < -0.4 is 5.32 Å². The molecule has 15 heavy (non-hydrogen) atoms. The molecule has 0 fully saturated rings. The lowest BCUT2D eigenvalue weighted by molar-refractivity contribution is 0.0947. The minimum absolute atomic E-state index is 0.128. The average Bonchev–Trinajstić information content (AvgIpc) is 2.18. The lowest BCUT2D eigenvalue weighted by Crippen LogP contribution is -2.25. The predicted molar refractivity (Wildman–Crippen MR) is 50.6 cm³/mol. The fraction of sp³-hybridized carbons (Fsp3) is 0.200. The van der Waals surface area contributed by atoms with Gasteiger partial charge in [0.2, 0.25) is 0 Å². The molecule has 0 spiro atoms. The number of benzene rings is 1. The van der Waals surface area contributed by atoms with Crippen LogP contribution in [0, 0.1) is 17.1 Å². The number of hydrogen-bond donors (Lipinski definition) is 2. The molecule has 78 valence electrons. The Balaban J connectivity index is 2.78. The maximum Gasteiger partial charge on any atom is 0.258 e. The zero-order chi connectivity index (χ0) is 11.3. The number of nitriles is 1. The van der Waals surface area contributed by atoms with Crippen LogP contribution in [0.2, 0.25) is 0 Å². The standard InChI is InChI=1S/C10H9FN2O2/c11-7-3-1-4-8(14)9(7)10(15)13-6-2-5-12/h1,3-4,14H,2,6H2,(H,13,15). The topological polar surface area (TPSA) is 73.1 Å². The van der Waals surface area contributed by atoms with Crippen LogP contribution in [-0.2, 0) is 0 Å². The first kappa shape index (κ1) is 11.0. The van der Waals surface area contributed by atoms with E-state index in [0.29, 0.717) is 0 Å². The maximum absolute atomic E-state index is 13.1. The molecule has 2 N–H and O–H groups in total. The number of halogens is 1. The van der Waals surface area contributed by atoms with Crippen molar-refractivity contribution in [3.8, 4) is 11.8 Å². The summed E-state index contributed by atoms with van der Waals surface area (Å²) in [6, 6.07) is 5.44. The highest BCUT2D eigenvalue weighted by Gasteiger charge is 2.15. The van der Waals surface area contributed by atoms with E-state index in [9.17, 15) is 14.3 Å². The van der Waals surface area contributed by atoms with Gasteiger partial charge in [-0.25, -0.2) is 4.39 Å². The van der Waals surface area contributed by atoms with Crippen molar-refractivity contribution in [2.24, 2.45) is 0 Å². The average molecular weight is 208 g/mol. The second-order valence-electron chi connectivity index (χ2n) is 2.80. The predicted octanol–water partition coefficient (Wildman–Crippen LogP) is 1.17. The number of hydrogen-bond acceptors (Lipinski definition) is 3. The molecule has 0 unspecified atom stereocenters. The number of phenols is 1. The number of rotatable bonds is 3. The van der Waals surface area contributed by atoms with Gasteiger partial charge in [-0.2, -0.15) is 5.26 Å². The molecule has 0 saturated carbocycles. The van der Waals surface area contributed by atoms with E-state index in [0.717, 1.165) is 6.07 Å². The smallest absolute Gasteiger partial charge is 0.258 e. The number of amides is 1. The van der Waals surface area contributed by atoms with Crippen LogP contribution >= 0.6 is 0 Å². The number of carbonyl (C=O) groups excluding carboxylic acids is 1. The van der Waals surface area contributed by atoms with Gasteiger partial charge in [0.15, 0.2) is 0 Å². The van der Waals surface area contributed by atoms with E-state index in [-0.39, 0.29) is 13.0 Å². The molecule has 0 aliphatic carbocycles. The molecule has 5 heteroatoms. The van der Waals surface area contributed by atoms with Gasteiger partial charge in [0.05, 0.1) is 12.5 Å². The molecular weight excluding hydrogens is 199 g/mol. The summed E-state index contributed by atoms with van der Waals surface area (Å²) < 4.78 is 13.1. The highest BCUT2D eigenvalue weighted by Crippen LogP contribution is 2.19. The summed E-state index contributed by atoms with van der Waals surface area (Å²) in [6.07, 6.45) is 0.140. The van der Waals surface area contributed by atoms with Crippen LogP contribution in [0.3, 0.4) is 0 Å². The lowest BCUT2D eigenvalue weighted by atomic mass is 10.1. The van der Waals surface area contributed by atoms with E-state index >= 15 is 0 Å². The largest absolute Gasteiger partial charge is 0.507 e. The Hall–Kier alpha value is -2.09. The van der Waals surface area contributed by atoms with Crippen LogP contribution in [0.5, 0.6) is 5.75 Å². The Bertz CT molecular complexity index is 392. The van der Waals surface area contributed by atoms with Gasteiger partial charge in [-0.1, -0.05) is 6.07 Å². The van der Waals surface area contributed by atoms with E-state index in [2.05, 4.69) is 5.32 Å². The Kier molecular flexibility index (Phi) is 3.63. The first-order valence-corrected chi connectivity index (χ1v) is 4.29. The maximum atomic E-state index is 13.1. The van der Waals surface area contributed by atoms with Gasteiger partial charge in [0.25, 0.3) is 5.91 Å². The molecule has 1 aromatic carbocycles. The molecule has 0 aliphatic heterocycles. The zero-order valence-electron chi connectivity index (χ0n) is 7.83. The number of carbonyl (C=O) groups is 1. The van der Waals surface area contributed by atoms with Crippen molar-refractivity contribution in [2.75, 3.05) is 6.54 Å². The molecule has 1 amide bonds. The molecule has 4 nitrogen and oxygen atoms in total. The third-order valence-corrected chi connectivity index (χ3v) is 1.74. The van der Waals surface area contributed by atoms with E-state index in [1.807, 2.05) is 6.07 Å². The molecule has 0 aromatic heterocycles. The normalized spacial score (nSPS) is 9.33. The van der Waals surface area contributed by atoms with Gasteiger partial charge in [-0.3, -0.25) is 4.79 Å². The molecule has 0 saturated heterocycles. The first-order valence-electron chi connectivity index (χ1n) is 4.29. The summed E-state index contributed by atoms with van der Waals surface area (Å²) in [5, 5.41) is 19.8. The van der Waals surface area contributed by atoms with Crippen LogP contribution in [0.25, 0.3) is 0 Å². The van der Waals surface area contributed by atoms with Gasteiger partial charge >= 0.3 is 0 Å². The second-order valence-corrected chi connectivity index (χ2v) is 2.80. The number of nitrogens with one attached hydrogen (secondary N) is 1. The molecule has 1 aromatic rings. The van der Waals surface area contributed by atoms with E-state index in [1.54, 1.807) is 0 Å². The summed E-state index contributed by atoms with van der Waals surface area (Å²) in [5.41, 5.74) is -0.393. The van der Waals surface area contributed by atoms with E-state index < -0.39 is 23.0 Å². The van der Waals surface area contributed by atoms with Crippen LogP contribution in [0.1, 0.15) is 16.8 Å². The zero-order valence-corrected chi connectivity index (χ0v) is 7.83. The summed E-state index contributed by atoms with van der Waals surface area (Å²) in [7, 11) is 0. The van der Waals surface area contributed by atoms with Gasteiger partial charge in [-0.05, 0) is 12.1 Å². The minimum atomic E-state index is -0.788. The summed E-state index contributed by atoms with van der Waals surface area (Å²) in [4.78, 5) is 11.3. The van der Waals surface area contributed by atoms with E-state index in [4.69, 9.17) is 5.26 Å².